The molecule has 0 aliphatic heterocycles. The number of aryl methyl sites for hydroxylation is 2. The second-order valence-electron chi connectivity index (χ2n) is 6.04. The van der Waals surface area contributed by atoms with Gasteiger partial charge in [-0.2, -0.15) is 0 Å². The van der Waals surface area contributed by atoms with Gasteiger partial charge in [-0.1, -0.05) is 23.7 Å². The van der Waals surface area contributed by atoms with E-state index in [0.29, 0.717) is 16.6 Å². The highest BCUT2D eigenvalue weighted by molar-refractivity contribution is 6.32. The maximum atomic E-state index is 12.6. The van der Waals surface area contributed by atoms with Crippen molar-refractivity contribution in [3.05, 3.63) is 70.6 Å². The van der Waals surface area contributed by atoms with Crippen LogP contribution >= 0.6 is 11.6 Å². The summed E-state index contributed by atoms with van der Waals surface area (Å²) >= 11 is 6.13. The molecular formula is C20H19ClN4O2. The Labute approximate surface area is 162 Å². The van der Waals surface area contributed by atoms with Gasteiger partial charge in [-0.3, -0.25) is 4.79 Å². The summed E-state index contributed by atoms with van der Waals surface area (Å²) in [5, 5.41) is 6.47. The predicted molar refractivity (Wildman–Crippen MR) is 107 cm³/mol. The van der Waals surface area contributed by atoms with Gasteiger partial charge in [0.15, 0.2) is 0 Å². The van der Waals surface area contributed by atoms with Crippen LogP contribution in [0, 0.1) is 13.8 Å². The fraction of sp³-hybridized carbons (Fsp3) is 0.150. The average molecular weight is 383 g/mol. The summed E-state index contributed by atoms with van der Waals surface area (Å²) in [5.74, 6) is 0.762. The summed E-state index contributed by atoms with van der Waals surface area (Å²) in [5.41, 5.74) is 3.79. The summed E-state index contributed by atoms with van der Waals surface area (Å²) in [6.45, 7) is 3.91. The molecule has 27 heavy (non-hydrogen) atoms. The Balaban J connectivity index is 1.77. The van der Waals surface area contributed by atoms with Crippen molar-refractivity contribution in [1.82, 2.24) is 9.97 Å². The number of benzene rings is 2. The summed E-state index contributed by atoms with van der Waals surface area (Å²) in [6.07, 6.45) is 1.34. The Morgan fingerprint density at radius 2 is 1.89 bits per heavy atom. The number of methoxy groups -OCH3 is 1. The standard InChI is InChI=1S/C20H19ClN4O2/c1-12-4-5-13(2)16(8-12)25-20(26)17-10-19(23-11-22-17)24-14-6-7-18(27-3)15(21)9-14/h4-11H,1-3H3,(H,25,26)(H,22,23,24). The van der Waals surface area contributed by atoms with Gasteiger partial charge in [-0.05, 0) is 49.2 Å². The van der Waals surface area contributed by atoms with Crippen molar-refractivity contribution in [2.24, 2.45) is 0 Å². The van der Waals surface area contributed by atoms with E-state index in [1.54, 1.807) is 25.3 Å². The zero-order valence-corrected chi connectivity index (χ0v) is 16.0. The van der Waals surface area contributed by atoms with Crippen molar-refractivity contribution in [2.75, 3.05) is 17.7 Å². The Hall–Kier alpha value is -3.12. The molecule has 3 aromatic rings. The molecular weight excluding hydrogens is 364 g/mol. The van der Waals surface area contributed by atoms with Gasteiger partial charge < -0.3 is 15.4 Å². The van der Waals surface area contributed by atoms with Gasteiger partial charge in [0.2, 0.25) is 0 Å². The van der Waals surface area contributed by atoms with E-state index in [4.69, 9.17) is 16.3 Å². The van der Waals surface area contributed by atoms with E-state index in [1.165, 1.54) is 6.33 Å². The summed E-state index contributed by atoms with van der Waals surface area (Å²) < 4.78 is 5.14. The molecule has 2 aromatic carbocycles. The number of ether oxygens (including phenoxy) is 1. The number of nitrogens with one attached hydrogen (secondary N) is 2. The molecule has 7 heteroatoms. The molecule has 6 nitrogen and oxygen atoms in total. The third-order valence-electron chi connectivity index (χ3n) is 3.97. The van der Waals surface area contributed by atoms with Crippen molar-refractivity contribution in [2.45, 2.75) is 13.8 Å². The normalized spacial score (nSPS) is 10.4. The minimum absolute atomic E-state index is 0.257. The van der Waals surface area contributed by atoms with Crippen LogP contribution in [0.5, 0.6) is 5.75 Å². The molecule has 0 aliphatic rings. The molecule has 0 saturated carbocycles. The van der Waals surface area contributed by atoms with Crippen molar-refractivity contribution >= 4 is 34.7 Å². The van der Waals surface area contributed by atoms with Crippen LogP contribution in [0.25, 0.3) is 0 Å². The van der Waals surface area contributed by atoms with Crippen molar-refractivity contribution < 1.29 is 9.53 Å². The monoisotopic (exact) mass is 382 g/mol. The van der Waals surface area contributed by atoms with Crippen molar-refractivity contribution in [3.8, 4) is 5.75 Å². The Bertz CT molecular complexity index is 991. The first-order chi connectivity index (χ1) is 13.0. The van der Waals surface area contributed by atoms with E-state index in [-0.39, 0.29) is 11.6 Å². The van der Waals surface area contributed by atoms with E-state index < -0.39 is 0 Å². The van der Waals surface area contributed by atoms with Gasteiger partial charge in [0.25, 0.3) is 5.91 Å². The Kier molecular flexibility index (Phi) is 5.57. The lowest BCUT2D eigenvalue weighted by Crippen LogP contribution is -2.15. The summed E-state index contributed by atoms with van der Waals surface area (Å²) in [6, 6.07) is 12.7. The van der Waals surface area contributed by atoms with Crippen LogP contribution in [0.3, 0.4) is 0 Å². The first kappa shape index (κ1) is 18.7. The van der Waals surface area contributed by atoms with Crippen LogP contribution in [0.1, 0.15) is 21.6 Å². The van der Waals surface area contributed by atoms with Gasteiger partial charge in [0.1, 0.15) is 23.6 Å². The zero-order chi connectivity index (χ0) is 19.4. The number of carbonyl (C=O) groups is 1. The molecule has 0 unspecified atom stereocenters. The van der Waals surface area contributed by atoms with Crippen LogP contribution in [-0.4, -0.2) is 23.0 Å². The number of amides is 1. The maximum Gasteiger partial charge on any atom is 0.274 e. The second kappa shape index (κ2) is 8.05. The highest BCUT2D eigenvalue weighted by Crippen LogP contribution is 2.28. The van der Waals surface area contributed by atoms with Crippen LogP contribution in [0.2, 0.25) is 5.02 Å². The molecule has 0 spiro atoms. The SMILES string of the molecule is COc1ccc(Nc2cc(C(=O)Nc3cc(C)ccc3C)ncn2)cc1Cl. The molecule has 1 amide bonds. The number of halogens is 1. The number of rotatable bonds is 5. The fourth-order valence-electron chi connectivity index (χ4n) is 2.50. The van der Waals surface area contributed by atoms with Crippen molar-refractivity contribution in [1.29, 1.82) is 0 Å². The van der Waals surface area contributed by atoms with E-state index in [9.17, 15) is 4.79 Å². The van der Waals surface area contributed by atoms with E-state index >= 15 is 0 Å². The molecule has 0 fully saturated rings. The first-order valence-corrected chi connectivity index (χ1v) is 8.65. The number of carbonyl (C=O) groups excluding carboxylic acids is 1. The Morgan fingerprint density at radius 3 is 2.63 bits per heavy atom. The molecule has 3 rings (SSSR count). The molecule has 1 aromatic heterocycles. The molecule has 0 aliphatic carbocycles. The largest absolute Gasteiger partial charge is 0.495 e. The van der Waals surface area contributed by atoms with Gasteiger partial charge in [-0.25, -0.2) is 9.97 Å². The Morgan fingerprint density at radius 1 is 1.07 bits per heavy atom. The number of hydrogen-bond donors (Lipinski definition) is 2. The molecule has 0 atom stereocenters. The number of aromatic nitrogens is 2. The highest BCUT2D eigenvalue weighted by atomic mass is 35.5. The quantitative estimate of drug-likeness (QED) is 0.665. The lowest BCUT2D eigenvalue weighted by atomic mass is 10.1. The minimum Gasteiger partial charge on any atom is -0.495 e. The molecule has 0 bridgehead atoms. The van der Waals surface area contributed by atoms with Gasteiger partial charge >= 0.3 is 0 Å². The first-order valence-electron chi connectivity index (χ1n) is 8.27. The third-order valence-corrected chi connectivity index (χ3v) is 4.26. The van der Waals surface area contributed by atoms with E-state index in [2.05, 4.69) is 20.6 Å². The van der Waals surface area contributed by atoms with Crippen LogP contribution < -0.4 is 15.4 Å². The summed E-state index contributed by atoms with van der Waals surface area (Å²) in [4.78, 5) is 20.8. The van der Waals surface area contributed by atoms with Crippen LogP contribution in [0.15, 0.2) is 48.8 Å². The summed E-state index contributed by atoms with van der Waals surface area (Å²) in [7, 11) is 1.56. The molecule has 1 heterocycles. The van der Waals surface area contributed by atoms with E-state index in [0.717, 1.165) is 22.5 Å². The lowest BCUT2D eigenvalue weighted by Gasteiger charge is -2.11. The predicted octanol–water partition coefficient (Wildman–Crippen LogP) is 4.75. The highest BCUT2D eigenvalue weighted by Gasteiger charge is 2.11. The minimum atomic E-state index is -0.304. The van der Waals surface area contributed by atoms with E-state index in [1.807, 2.05) is 38.1 Å². The van der Waals surface area contributed by atoms with Gasteiger partial charge in [0, 0.05) is 17.4 Å². The molecule has 138 valence electrons. The zero-order valence-electron chi connectivity index (χ0n) is 15.2. The van der Waals surface area contributed by atoms with Gasteiger partial charge in [0.05, 0.1) is 12.1 Å². The second-order valence-corrected chi connectivity index (χ2v) is 6.44. The molecule has 2 N–H and O–H groups in total. The lowest BCUT2D eigenvalue weighted by molar-refractivity contribution is 0.102. The topological polar surface area (TPSA) is 76.1 Å². The maximum absolute atomic E-state index is 12.6. The smallest absolute Gasteiger partial charge is 0.274 e. The van der Waals surface area contributed by atoms with Crippen molar-refractivity contribution in [3.63, 3.8) is 0 Å². The number of nitrogens with zero attached hydrogens (tertiary/aromatic N) is 2. The fourth-order valence-corrected chi connectivity index (χ4v) is 2.76. The number of hydrogen-bond acceptors (Lipinski definition) is 5. The third kappa shape index (κ3) is 4.54. The number of anilines is 3. The molecule has 0 saturated heterocycles. The van der Waals surface area contributed by atoms with Crippen LogP contribution in [-0.2, 0) is 0 Å². The van der Waals surface area contributed by atoms with Crippen LogP contribution in [0.4, 0.5) is 17.2 Å². The average Bonchev–Trinajstić information content (AvgIpc) is 2.65. The van der Waals surface area contributed by atoms with Gasteiger partial charge in [-0.15, -0.1) is 0 Å². The molecule has 0 radical (unpaired) electrons.